The van der Waals surface area contributed by atoms with Crippen LogP contribution in [0.25, 0.3) is 11.0 Å². The lowest BCUT2D eigenvalue weighted by molar-refractivity contribution is 0.0976. The number of fused-ring (bicyclic) bond motifs is 1. The van der Waals surface area contributed by atoms with Crippen molar-refractivity contribution in [3.05, 3.63) is 30.0 Å². The topological polar surface area (TPSA) is 65.5 Å². The molecule has 122 valence electrons. The Morgan fingerprint density at radius 2 is 1.95 bits per heavy atom. The minimum absolute atomic E-state index is 0.160. The van der Waals surface area contributed by atoms with E-state index in [0.29, 0.717) is 11.3 Å². The molecule has 1 amide bonds. The monoisotopic (exact) mass is 305 g/mol. The molecule has 4 heteroatoms. The number of benzene rings is 1. The lowest BCUT2D eigenvalue weighted by Crippen LogP contribution is -2.08. The van der Waals surface area contributed by atoms with E-state index in [4.69, 9.17) is 14.9 Å². The molecule has 0 spiro atoms. The van der Waals surface area contributed by atoms with E-state index in [1.165, 1.54) is 12.8 Å². The standard InChI is InChI=1S/C10H9NO3.C8H18/c1-13-7-2-3-8-6(4-7)5-9(14-8)10(11)12;1-5-6-8(4)7(2)3/h2-5H,1H3,(H2,11,12);7-8H,5-6H2,1-4H3. The van der Waals surface area contributed by atoms with Gasteiger partial charge >= 0.3 is 0 Å². The van der Waals surface area contributed by atoms with Gasteiger partial charge in [0, 0.05) is 5.39 Å². The van der Waals surface area contributed by atoms with Crippen LogP contribution in [0, 0.1) is 11.8 Å². The fourth-order valence-corrected chi connectivity index (χ4v) is 2.06. The molecule has 0 saturated carbocycles. The molecule has 4 nitrogen and oxygen atoms in total. The molecular weight excluding hydrogens is 278 g/mol. The van der Waals surface area contributed by atoms with Crippen molar-refractivity contribution in [1.29, 1.82) is 0 Å². The molecule has 0 fully saturated rings. The number of ether oxygens (including phenoxy) is 1. The van der Waals surface area contributed by atoms with Gasteiger partial charge in [0.2, 0.25) is 0 Å². The average molecular weight is 305 g/mol. The highest BCUT2D eigenvalue weighted by Gasteiger charge is 2.08. The Morgan fingerprint density at radius 1 is 1.27 bits per heavy atom. The van der Waals surface area contributed by atoms with Crippen molar-refractivity contribution in [2.45, 2.75) is 40.5 Å². The Kier molecular flexibility index (Phi) is 6.96. The maximum Gasteiger partial charge on any atom is 0.284 e. The summed E-state index contributed by atoms with van der Waals surface area (Å²) >= 11 is 0. The summed E-state index contributed by atoms with van der Waals surface area (Å²) in [5.41, 5.74) is 5.71. The molecule has 0 bridgehead atoms. The van der Waals surface area contributed by atoms with E-state index in [-0.39, 0.29) is 5.76 Å². The zero-order chi connectivity index (χ0) is 16.7. The Morgan fingerprint density at radius 3 is 2.41 bits per heavy atom. The van der Waals surface area contributed by atoms with Gasteiger partial charge in [0.1, 0.15) is 11.3 Å². The number of rotatable bonds is 5. The van der Waals surface area contributed by atoms with Crippen LogP contribution in [-0.4, -0.2) is 13.0 Å². The summed E-state index contributed by atoms with van der Waals surface area (Å²) in [6, 6.07) is 6.88. The third-order valence-corrected chi connectivity index (χ3v) is 3.85. The predicted octanol–water partition coefficient (Wildman–Crippen LogP) is 4.62. The van der Waals surface area contributed by atoms with Crippen molar-refractivity contribution >= 4 is 16.9 Å². The first-order chi connectivity index (χ1) is 10.4. The summed E-state index contributed by atoms with van der Waals surface area (Å²) in [5.74, 6) is 2.10. The van der Waals surface area contributed by atoms with Crippen molar-refractivity contribution in [2.75, 3.05) is 7.11 Å². The van der Waals surface area contributed by atoms with Crippen molar-refractivity contribution in [1.82, 2.24) is 0 Å². The molecular formula is C18H27NO3. The Hall–Kier alpha value is -1.97. The van der Waals surface area contributed by atoms with E-state index in [1.807, 2.05) is 0 Å². The Balaban J connectivity index is 0.000000261. The molecule has 1 atom stereocenters. The fraction of sp³-hybridized carbons (Fsp3) is 0.500. The number of primary amides is 1. The predicted molar refractivity (Wildman–Crippen MR) is 90.2 cm³/mol. The number of carbonyl (C=O) groups excluding carboxylic acids is 1. The highest BCUT2D eigenvalue weighted by atomic mass is 16.5. The van der Waals surface area contributed by atoms with Crippen molar-refractivity contribution in [3.63, 3.8) is 0 Å². The first-order valence-electron chi connectivity index (χ1n) is 7.76. The molecule has 22 heavy (non-hydrogen) atoms. The van der Waals surface area contributed by atoms with Crippen molar-refractivity contribution in [3.8, 4) is 5.75 Å². The molecule has 2 rings (SSSR count). The van der Waals surface area contributed by atoms with Crippen LogP contribution >= 0.6 is 0 Å². The molecule has 2 N–H and O–H groups in total. The summed E-state index contributed by atoms with van der Waals surface area (Å²) in [6.07, 6.45) is 2.72. The van der Waals surface area contributed by atoms with Gasteiger partial charge in [0.05, 0.1) is 7.11 Å². The molecule has 2 aromatic rings. The van der Waals surface area contributed by atoms with Gasteiger partial charge in [0.25, 0.3) is 5.91 Å². The lowest BCUT2D eigenvalue weighted by atomic mass is 9.94. The van der Waals surface area contributed by atoms with E-state index in [9.17, 15) is 4.79 Å². The van der Waals surface area contributed by atoms with Crippen LogP contribution in [0.3, 0.4) is 0 Å². The summed E-state index contributed by atoms with van der Waals surface area (Å²) in [4.78, 5) is 10.8. The molecule has 1 unspecified atom stereocenters. The van der Waals surface area contributed by atoms with Crippen LogP contribution in [0.2, 0.25) is 0 Å². The normalized spacial score (nSPS) is 11.9. The third-order valence-electron chi connectivity index (χ3n) is 3.85. The number of nitrogens with two attached hydrogens (primary N) is 1. The number of hydrogen-bond donors (Lipinski definition) is 1. The Bertz CT molecular complexity index is 601. The van der Waals surface area contributed by atoms with E-state index < -0.39 is 5.91 Å². The molecule has 0 aliphatic rings. The minimum Gasteiger partial charge on any atom is -0.497 e. The van der Waals surface area contributed by atoms with Gasteiger partial charge in [-0.3, -0.25) is 4.79 Å². The van der Waals surface area contributed by atoms with Gasteiger partial charge in [-0.2, -0.15) is 0 Å². The zero-order valence-electron chi connectivity index (χ0n) is 14.2. The summed E-state index contributed by atoms with van der Waals surface area (Å²) in [5, 5.41) is 0.804. The third kappa shape index (κ3) is 5.10. The molecule has 0 aliphatic heterocycles. The van der Waals surface area contributed by atoms with E-state index in [0.717, 1.165) is 17.2 Å². The summed E-state index contributed by atoms with van der Waals surface area (Å²) < 4.78 is 10.2. The zero-order valence-corrected chi connectivity index (χ0v) is 14.2. The van der Waals surface area contributed by atoms with Crippen LogP contribution in [0.1, 0.15) is 51.1 Å². The van der Waals surface area contributed by atoms with Gasteiger partial charge < -0.3 is 14.9 Å². The van der Waals surface area contributed by atoms with Crippen LogP contribution < -0.4 is 10.5 Å². The number of furan rings is 1. The van der Waals surface area contributed by atoms with Gasteiger partial charge in [-0.05, 0) is 36.1 Å². The molecule has 1 heterocycles. The van der Waals surface area contributed by atoms with E-state index in [1.54, 1.807) is 31.4 Å². The lowest BCUT2D eigenvalue weighted by Gasteiger charge is -2.12. The number of hydrogen-bond acceptors (Lipinski definition) is 3. The van der Waals surface area contributed by atoms with Gasteiger partial charge in [-0.1, -0.05) is 40.5 Å². The van der Waals surface area contributed by atoms with Crippen molar-refractivity contribution in [2.24, 2.45) is 17.6 Å². The first kappa shape index (κ1) is 18.1. The second kappa shape index (κ2) is 8.47. The van der Waals surface area contributed by atoms with E-state index >= 15 is 0 Å². The fourth-order valence-electron chi connectivity index (χ4n) is 2.06. The summed E-state index contributed by atoms with van der Waals surface area (Å²) in [7, 11) is 1.58. The SMILES string of the molecule is CCCC(C)C(C)C.COc1ccc2oc(C(N)=O)cc2c1. The van der Waals surface area contributed by atoms with Crippen LogP contribution in [-0.2, 0) is 0 Å². The second-order valence-corrected chi connectivity index (χ2v) is 5.89. The van der Waals surface area contributed by atoms with Crippen LogP contribution in [0.4, 0.5) is 0 Å². The summed E-state index contributed by atoms with van der Waals surface area (Å²) in [6.45, 7) is 9.16. The van der Waals surface area contributed by atoms with Crippen molar-refractivity contribution < 1.29 is 13.9 Å². The number of carbonyl (C=O) groups is 1. The number of methoxy groups -OCH3 is 1. The molecule has 0 aliphatic carbocycles. The highest BCUT2D eigenvalue weighted by molar-refractivity contribution is 5.95. The molecule has 1 aromatic carbocycles. The molecule has 0 saturated heterocycles. The molecule has 1 aromatic heterocycles. The largest absolute Gasteiger partial charge is 0.497 e. The number of amides is 1. The molecule has 0 radical (unpaired) electrons. The maximum absolute atomic E-state index is 10.8. The van der Waals surface area contributed by atoms with Gasteiger partial charge in [-0.25, -0.2) is 0 Å². The van der Waals surface area contributed by atoms with Gasteiger partial charge in [-0.15, -0.1) is 0 Å². The first-order valence-corrected chi connectivity index (χ1v) is 7.76. The highest BCUT2D eigenvalue weighted by Crippen LogP contribution is 2.23. The van der Waals surface area contributed by atoms with E-state index in [2.05, 4.69) is 27.7 Å². The van der Waals surface area contributed by atoms with Crippen LogP contribution in [0.5, 0.6) is 5.75 Å². The minimum atomic E-state index is -0.569. The van der Waals surface area contributed by atoms with Gasteiger partial charge in [0.15, 0.2) is 5.76 Å². The maximum atomic E-state index is 10.8. The Labute approximate surface area is 132 Å². The van der Waals surface area contributed by atoms with Crippen LogP contribution in [0.15, 0.2) is 28.7 Å². The average Bonchev–Trinajstić information content (AvgIpc) is 2.91. The smallest absolute Gasteiger partial charge is 0.284 e. The second-order valence-electron chi connectivity index (χ2n) is 5.89. The quantitative estimate of drug-likeness (QED) is 0.876.